The highest BCUT2D eigenvalue weighted by Crippen LogP contribution is 2.28. The lowest BCUT2D eigenvalue weighted by molar-refractivity contribution is 0.424. The second-order valence-electron chi connectivity index (χ2n) is 3.55. The van der Waals surface area contributed by atoms with Gasteiger partial charge in [0.05, 0.1) is 0 Å². The zero-order valence-corrected chi connectivity index (χ0v) is 11.0. The van der Waals surface area contributed by atoms with Crippen molar-refractivity contribution in [1.82, 2.24) is 0 Å². The van der Waals surface area contributed by atoms with Crippen molar-refractivity contribution in [3.63, 3.8) is 0 Å². The molecule has 0 radical (unpaired) electrons. The fourth-order valence-electron chi connectivity index (χ4n) is 1.18. The van der Waals surface area contributed by atoms with Gasteiger partial charge < -0.3 is 0 Å². The molecule has 0 N–H and O–H groups in total. The minimum atomic E-state index is 0.594. The van der Waals surface area contributed by atoms with Crippen LogP contribution in [-0.2, 0) is 6.42 Å². The van der Waals surface area contributed by atoms with Crippen molar-refractivity contribution < 1.29 is 0 Å². The third-order valence-corrected chi connectivity index (χ3v) is 4.62. The molecule has 1 rings (SSSR count). The number of rotatable bonds is 4. The summed E-state index contributed by atoms with van der Waals surface area (Å²) in [7, 11) is 0. The smallest absolute Gasteiger partial charge is 0.0314 e. The van der Waals surface area contributed by atoms with Crippen LogP contribution < -0.4 is 0 Å². The highest BCUT2D eigenvalue weighted by molar-refractivity contribution is 9.10. The van der Waals surface area contributed by atoms with E-state index in [4.69, 9.17) is 11.6 Å². The molecule has 1 heterocycles. The van der Waals surface area contributed by atoms with E-state index in [-0.39, 0.29) is 0 Å². The minimum Gasteiger partial charge on any atom is -0.148 e. The first kappa shape index (κ1) is 11.5. The molecule has 0 amide bonds. The molecule has 0 nitrogen and oxygen atoms in total. The molecule has 74 valence electrons. The average Bonchev–Trinajstić information content (AvgIpc) is 2.46. The molecule has 0 spiro atoms. The summed E-state index contributed by atoms with van der Waals surface area (Å²) in [6, 6.07) is 2.10. The van der Waals surface area contributed by atoms with E-state index in [2.05, 4.69) is 41.2 Å². The lowest BCUT2D eigenvalue weighted by Gasteiger charge is -2.16. The van der Waals surface area contributed by atoms with Gasteiger partial charge in [0.25, 0.3) is 0 Å². The van der Waals surface area contributed by atoms with Crippen LogP contribution in [0.3, 0.4) is 0 Å². The van der Waals surface area contributed by atoms with Gasteiger partial charge in [-0.05, 0) is 45.6 Å². The summed E-state index contributed by atoms with van der Waals surface area (Å²) in [5.41, 5.74) is 0. The van der Waals surface area contributed by atoms with Crippen LogP contribution in [0.1, 0.15) is 18.7 Å². The van der Waals surface area contributed by atoms with Crippen LogP contribution in [0.4, 0.5) is 0 Å². The van der Waals surface area contributed by atoms with Gasteiger partial charge in [0, 0.05) is 15.2 Å². The molecular formula is C10H14BrClS. The fourth-order valence-corrected chi connectivity index (χ4v) is 3.25. The van der Waals surface area contributed by atoms with Gasteiger partial charge in [-0.2, -0.15) is 0 Å². The fraction of sp³-hybridized carbons (Fsp3) is 0.600. The van der Waals surface area contributed by atoms with Crippen molar-refractivity contribution in [1.29, 1.82) is 0 Å². The second kappa shape index (κ2) is 5.38. The van der Waals surface area contributed by atoms with Crippen LogP contribution in [0.2, 0.25) is 0 Å². The molecule has 0 aliphatic carbocycles. The zero-order valence-electron chi connectivity index (χ0n) is 7.89. The molecule has 0 saturated carbocycles. The second-order valence-corrected chi connectivity index (χ2v) is 5.72. The Labute approximate surface area is 97.4 Å². The van der Waals surface area contributed by atoms with Crippen LogP contribution in [0.5, 0.6) is 0 Å². The lowest BCUT2D eigenvalue weighted by Crippen LogP contribution is -2.13. The highest BCUT2D eigenvalue weighted by Gasteiger charge is 2.14. The Bertz CT molecular complexity index is 257. The molecule has 13 heavy (non-hydrogen) atoms. The first-order valence-corrected chi connectivity index (χ1v) is 6.63. The van der Waals surface area contributed by atoms with Gasteiger partial charge >= 0.3 is 0 Å². The monoisotopic (exact) mass is 280 g/mol. The van der Waals surface area contributed by atoms with Gasteiger partial charge in [-0.3, -0.25) is 0 Å². The summed E-state index contributed by atoms with van der Waals surface area (Å²) in [6.45, 7) is 4.46. The Hall–Kier alpha value is 0.470. The Balaban J connectivity index is 2.62. The number of hydrogen-bond donors (Lipinski definition) is 0. The summed E-state index contributed by atoms with van der Waals surface area (Å²) >= 11 is 11.3. The summed E-state index contributed by atoms with van der Waals surface area (Å²) in [4.78, 5) is 1.42. The van der Waals surface area contributed by atoms with Crippen LogP contribution in [-0.4, -0.2) is 5.88 Å². The third kappa shape index (κ3) is 3.26. The Kier molecular flexibility index (Phi) is 4.77. The zero-order chi connectivity index (χ0) is 9.84. The molecule has 0 saturated heterocycles. The van der Waals surface area contributed by atoms with Crippen LogP contribution in [0, 0.1) is 11.8 Å². The molecule has 0 aliphatic heterocycles. The van der Waals surface area contributed by atoms with E-state index in [1.807, 2.05) is 0 Å². The lowest BCUT2D eigenvalue weighted by atomic mass is 9.94. The molecule has 0 aromatic carbocycles. The van der Waals surface area contributed by atoms with E-state index in [1.165, 1.54) is 9.35 Å². The number of hydrogen-bond acceptors (Lipinski definition) is 1. The largest absolute Gasteiger partial charge is 0.148 e. The quantitative estimate of drug-likeness (QED) is 0.710. The predicted molar refractivity (Wildman–Crippen MR) is 64.8 cm³/mol. The van der Waals surface area contributed by atoms with Crippen molar-refractivity contribution in [2.24, 2.45) is 11.8 Å². The van der Waals surface area contributed by atoms with Crippen molar-refractivity contribution in [3.05, 3.63) is 20.8 Å². The minimum absolute atomic E-state index is 0.594. The number of halogens is 2. The molecule has 0 fully saturated rings. The van der Waals surface area contributed by atoms with E-state index < -0.39 is 0 Å². The van der Waals surface area contributed by atoms with Gasteiger partial charge in [0.2, 0.25) is 0 Å². The Morgan fingerprint density at radius 2 is 2.23 bits per heavy atom. The van der Waals surface area contributed by atoms with E-state index in [0.717, 1.165) is 12.3 Å². The molecule has 1 aromatic rings. The van der Waals surface area contributed by atoms with E-state index in [9.17, 15) is 0 Å². The van der Waals surface area contributed by atoms with Crippen LogP contribution in [0.25, 0.3) is 0 Å². The van der Waals surface area contributed by atoms with Crippen molar-refractivity contribution >= 4 is 38.9 Å². The first-order chi connectivity index (χ1) is 6.15. The summed E-state index contributed by atoms with van der Waals surface area (Å²) < 4.78 is 1.23. The van der Waals surface area contributed by atoms with Gasteiger partial charge in [-0.1, -0.05) is 13.8 Å². The summed E-state index contributed by atoms with van der Waals surface area (Å²) in [5, 5.41) is 2.12. The maximum atomic E-state index is 5.92. The number of alkyl halides is 1. The van der Waals surface area contributed by atoms with E-state index >= 15 is 0 Å². The molecule has 0 aliphatic rings. The van der Waals surface area contributed by atoms with Crippen molar-refractivity contribution in [3.8, 4) is 0 Å². The van der Waals surface area contributed by atoms with E-state index in [0.29, 0.717) is 11.8 Å². The van der Waals surface area contributed by atoms with Crippen LogP contribution in [0.15, 0.2) is 15.9 Å². The topological polar surface area (TPSA) is 0 Å². The maximum absolute atomic E-state index is 5.92. The van der Waals surface area contributed by atoms with Crippen LogP contribution >= 0.6 is 38.9 Å². The summed E-state index contributed by atoms with van der Waals surface area (Å²) in [5.74, 6) is 2.00. The van der Waals surface area contributed by atoms with Crippen molar-refractivity contribution in [2.45, 2.75) is 20.3 Å². The molecule has 1 aromatic heterocycles. The SMILES string of the molecule is CC(C)C(CCl)Cc1sccc1Br. The standard InChI is InChI=1S/C10H14BrClS/c1-7(2)8(6-12)5-10-9(11)3-4-13-10/h3-4,7-8H,5-6H2,1-2H3. The van der Waals surface area contributed by atoms with Crippen molar-refractivity contribution in [2.75, 3.05) is 5.88 Å². The van der Waals surface area contributed by atoms with E-state index in [1.54, 1.807) is 11.3 Å². The normalized spacial score (nSPS) is 13.6. The van der Waals surface area contributed by atoms with Gasteiger partial charge in [0.15, 0.2) is 0 Å². The summed E-state index contributed by atoms with van der Waals surface area (Å²) in [6.07, 6.45) is 1.10. The van der Waals surface area contributed by atoms with Gasteiger partial charge in [-0.25, -0.2) is 0 Å². The molecule has 1 unspecified atom stereocenters. The third-order valence-electron chi connectivity index (χ3n) is 2.28. The average molecular weight is 282 g/mol. The number of thiophene rings is 1. The first-order valence-electron chi connectivity index (χ1n) is 4.43. The Morgan fingerprint density at radius 1 is 1.54 bits per heavy atom. The molecule has 1 atom stereocenters. The Morgan fingerprint density at radius 3 is 2.62 bits per heavy atom. The van der Waals surface area contributed by atoms with Gasteiger partial charge in [-0.15, -0.1) is 22.9 Å². The molecular weight excluding hydrogens is 268 g/mol. The maximum Gasteiger partial charge on any atom is 0.0314 e. The van der Waals surface area contributed by atoms with Gasteiger partial charge in [0.1, 0.15) is 0 Å². The highest BCUT2D eigenvalue weighted by atomic mass is 79.9. The predicted octanol–water partition coefficient (Wildman–Crippen LogP) is 4.56. The molecule has 0 bridgehead atoms. The molecule has 3 heteroatoms.